The maximum absolute atomic E-state index is 12.4. The lowest BCUT2D eigenvalue weighted by Crippen LogP contribution is -2.35. The highest BCUT2D eigenvalue weighted by Gasteiger charge is 2.27. The van der Waals surface area contributed by atoms with E-state index in [1.165, 1.54) is 15.8 Å². The molecule has 22 heavy (non-hydrogen) atoms. The van der Waals surface area contributed by atoms with Crippen molar-refractivity contribution in [3.05, 3.63) is 16.3 Å². The minimum Gasteiger partial charge on any atom is -0.481 e. The number of carboxylic acid groups (broad SMARTS) is 1. The summed E-state index contributed by atoms with van der Waals surface area (Å²) in [7, 11) is -3.54. The van der Waals surface area contributed by atoms with Gasteiger partial charge in [0, 0.05) is 25.0 Å². The summed E-state index contributed by atoms with van der Waals surface area (Å²) in [5, 5.41) is 12.4. The topological polar surface area (TPSA) is 104 Å². The van der Waals surface area contributed by atoms with Gasteiger partial charge in [0.15, 0.2) is 0 Å². The second kappa shape index (κ2) is 7.21. The van der Waals surface area contributed by atoms with E-state index in [4.69, 9.17) is 5.11 Å². The molecular weight excluding hydrogens is 328 g/mol. The Morgan fingerprint density at radius 3 is 2.59 bits per heavy atom. The standard InChI is InChI=1S/C13H18N2O5S2/c16-12(17)4-5-14-13(18)11-8-10(9-21-11)22(19,20)15-6-2-1-3-7-15/h8-9H,1-7H2,(H,14,18)(H,16,17). The number of nitrogens with zero attached hydrogens (tertiary/aromatic N) is 1. The zero-order chi connectivity index (χ0) is 16.2. The number of hydrogen-bond acceptors (Lipinski definition) is 5. The van der Waals surface area contributed by atoms with Crippen LogP contribution in [0.2, 0.25) is 0 Å². The smallest absolute Gasteiger partial charge is 0.305 e. The van der Waals surface area contributed by atoms with Crippen LogP contribution >= 0.6 is 11.3 Å². The summed E-state index contributed by atoms with van der Waals surface area (Å²) < 4.78 is 26.3. The van der Waals surface area contributed by atoms with Gasteiger partial charge in [0.1, 0.15) is 0 Å². The van der Waals surface area contributed by atoms with Gasteiger partial charge in [-0.1, -0.05) is 6.42 Å². The van der Waals surface area contributed by atoms with Gasteiger partial charge in [-0.05, 0) is 18.9 Å². The predicted molar refractivity (Wildman–Crippen MR) is 81.5 cm³/mol. The van der Waals surface area contributed by atoms with E-state index < -0.39 is 21.9 Å². The third-order valence-electron chi connectivity index (χ3n) is 3.38. The highest BCUT2D eigenvalue weighted by atomic mass is 32.2. The van der Waals surface area contributed by atoms with Crippen molar-refractivity contribution < 1.29 is 23.1 Å². The molecule has 7 nitrogen and oxygen atoms in total. The Balaban J connectivity index is 2.03. The van der Waals surface area contributed by atoms with E-state index in [0.717, 1.165) is 30.6 Å². The Morgan fingerprint density at radius 2 is 1.95 bits per heavy atom. The first-order valence-corrected chi connectivity index (χ1v) is 9.32. The Hall–Kier alpha value is -1.45. The van der Waals surface area contributed by atoms with Crippen LogP contribution in [0.1, 0.15) is 35.4 Å². The second-order valence-corrected chi connectivity index (χ2v) is 7.86. The van der Waals surface area contributed by atoms with Gasteiger partial charge < -0.3 is 10.4 Å². The molecule has 0 radical (unpaired) electrons. The maximum Gasteiger partial charge on any atom is 0.305 e. The van der Waals surface area contributed by atoms with Crippen molar-refractivity contribution in [1.29, 1.82) is 0 Å². The van der Waals surface area contributed by atoms with Gasteiger partial charge in [0.05, 0.1) is 16.2 Å². The fourth-order valence-electron chi connectivity index (χ4n) is 2.20. The van der Waals surface area contributed by atoms with Crippen LogP contribution in [0.15, 0.2) is 16.3 Å². The highest BCUT2D eigenvalue weighted by molar-refractivity contribution is 7.89. The van der Waals surface area contributed by atoms with Crippen LogP contribution in [0.25, 0.3) is 0 Å². The van der Waals surface area contributed by atoms with E-state index in [2.05, 4.69) is 5.32 Å². The van der Waals surface area contributed by atoms with E-state index in [1.807, 2.05) is 0 Å². The largest absolute Gasteiger partial charge is 0.481 e. The molecule has 0 bridgehead atoms. The fourth-order valence-corrected chi connectivity index (χ4v) is 4.89. The van der Waals surface area contributed by atoms with Gasteiger partial charge in [-0.15, -0.1) is 11.3 Å². The molecule has 1 aromatic heterocycles. The van der Waals surface area contributed by atoms with Gasteiger partial charge in [-0.3, -0.25) is 9.59 Å². The van der Waals surface area contributed by atoms with E-state index >= 15 is 0 Å². The summed E-state index contributed by atoms with van der Waals surface area (Å²) in [6.45, 7) is 1.04. The monoisotopic (exact) mass is 346 g/mol. The van der Waals surface area contributed by atoms with E-state index in [0.29, 0.717) is 13.1 Å². The molecule has 1 fully saturated rings. The first-order valence-electron chi connectivity index (χ1n) is 7.00. The summed E-state index contributed by atoms with van der Waals surface area (Å²) in [4.78, 5) is 22.6. The van der Waals surface area contributed by atoms with Gasteiger partial charge in [0.25, 0.3) is 5.91 Å². The van der Waals surface area contributed by atoms with Crippen LogP contribution in [-0.4, -0.2) is 49.3 Å². The lowest BCUT2D eigenvalue weighted by molar-refractivity contribution is -0.136. The van der Waals surface area contributed by atoms with E-state index in [-0.39, 0.29) is 22.7 Å². The number of hydrogen-bond donors (Lipinski definition) is 2. The normalized spacial score (nSPS) is 16.4. The number of rotatable bonds is 6. The Labute approximate surface area is 133 Å². The molecule has 0 aromatic carbocycles. The molecule has 122 valence electrons. The molecule has 2 N–H and O–H groups in total. The van der Waals surface area contributed by atoms with Gasteiger partial charge in [-0.25, -0.2) is 8.42 Å². The number of carboxylic acids is 1. The molecule has 1 saturated heterocycles. The van der Waals surface area contributed by atoms with Gasteiger partial charge in [-0.2, -0.15) is 4.31 Å². The second-order valence-electron chi connectivity index (χ2n) is 5.01. The molecule has 0 aliphatic carbocycles. The summed E-state index contributed by atoms with van der Waals surface area (Å²) in [5.74, 6) is -1.45. The van der Waals surface area contributed by atoms with Crippen molar-refractivity contribution in [1.82, 2.24) is 9.62 Å². The quantitative estimate of drug-likeness (QED) is 0.803. The van der Waals surface area contributed by atoms with Gasteiger partial charge in [0.2, 0.25) is 10.0 Å². The average molecular weight is 346 g/mol. The third kappa shape index (κ3) is 4.05. The molecule has 0 atom stereocenters. The molecule has 1 aliphatic heterocycles. The summed E-state index contributed by atoms with van der Waals surface area (Å²) in [6, 6.07) is 1.35. The number of carbonyl (C=O) groups excluding carboxylic acids is 1. The van der Waals surface area contributed by atoms with Crippen LogP contribution in [0, 0.1) is 0 Å². The van der Waals surface area contributed by atoms with Crippen molar-refractivity contribution in [2.24, 2.45) is 0 Å². The molecule has 0 unspecified atom stereocenters. The minimum atomic E-state index is -3.54. The van der Waals surface area contributed by atoms with Gasteiger partial charge >= 0.3 is 5.97 Å². The number of nitrogens with one attached hydrogen (secondary N) is 1. The Bertz CT molecular complexity index is 647. The first-order chi connectivity index (χ1) is 10.4. The van der Waals surface area contributed by atoms with Crippen LogP contribution in [-0.2, 0) is 14.8 Å². The summed E-state index contributed by atoms with van der Waals surface area (Å²) in [6.07, 6.45) is 2.57. The minimum absolute atomic E-state index is 0.0142. The number of piperidine rings is 1. The summed E-state index contributed by atoms with van der Waals surface area (Å²) >= 11 is 1.04. The Kier molecular flexibility index (Phi) is 5.54. The van der Waals surface area contributed by atoms with Crippen LogP contribution in [0.5, 0.6) is 0 Å². The predicted octanol–water partition coefficient (Wildman–Crippen LogP) is 1.13. The zero-order valence-corrected chi connectivity index (χ0v) is 13.6. The number of amides is 1. The number of sulfonamides is 1. The lowest BCUT2D eigenvalue weighted by atomic mass is 10.2. The molecular formula is C13H18N2O5S2. The number of carbonyl (C=O) groups is 2. The summed E-state index contributed by atoms with van der Waals surface area (Å²) in [5.41, 5.74) is 0. The van der Waals surface area contributed by atoms with E-state index in [1.54, 1.807) is 0 Å². The molecule has 9 heteroatoms. The molecule has 1 aromatic rings. The van der Waals surface area contributed by atoms with Crippen molar-refractivity contribution >= 4 is 33.2 Å². The third-order valence-corrected chi connectivity index (χ3v) is 6.33. The number of thiophene rings is 1. The number of aliphatic carboxylic acids is 1. The molecule has 0 saturated carbocycles. The fraction of sp³-hybridized carbons (Fsp3) is 0.538. The van der Waals surface area contributed by atoms with Crippen LogP contribution < -0.4 is 5.32 Å². The van der Waals surface area contributed by atoms with E-state index in [9.17, 15) is 18.0 Å². The first kappa shape index (κ1) is 16.9. The SMILES string of the molecule is O=C(O)CCNC(=O)c1cc(S(=O)(=O)N2CCCCC2)cs1. The molecule has 0 spiro atoms. The highest BCUT2D eigenvalue weighted by Crippen LogP contribution is 2.25. The average Bonchev–Trinajstić information content (AvgIpc) is 2.98. The molecule has 1 aliphatic rings. The molecule has 1 amide bonds. The van der Waals surface area contributed by atoms with Crippen molar-refractivity contribution in [2.75, 3.05) is 19.6 Å². The van der Waals surface area contributed by atoms with Crippen molar-refractivity contribution in [2.45, 2.75) is 30.6 Å². The lowest BCUT2D eigenvalue weighted by Gasteiger charge is -2.25. The van der Waals surface area contributed by atoms with Crippen molar-refractivity contribution in [3.8, 4) is 0 Å². The Morgan fingerprint density at radius 1 is 1.27 bits per heavy atom. The van der Waals surface area contributed by atoms with Crippen LogP contribution in [0.3, 0.4) is 0 Å². The maximum atomic E-state index is 12.4. The van der Waals surface area contributed by atoms with Crippen LogP contribution in [0.4, 0.5) is 0 Å². The zero-order valence-electron chi connectivity index (χ0n) is 11.9. The van der Waals surface area contributed by atoms with Crippen molar-refractivity contribution in [3.63, 3.8) is 0 Å². The molecule has 2 heterocycles. The molecule has 2 rings (SSSR count).